The van der Waals surface area contributed by atoms with Crippen molar-refractivity contribution < 1.29 is 4.74 Å². The average Bonchev–Trinajstić information content (AvgIpc) is 2.55. The zero-order valence-electron chi connectivity index (χ0n) is 12.9. The number of hydrogen-bond donors (Lipinski definition) is 0. The van der Waals surface area contributed by atoms with E-state index in [1.807, 2.05) is 13.2 Å². The number of hydrogen-bond acceptors (Lipinski definition) is 6. The van der Waals surface area contributed by atoms with Crippen LogP contribution in [0.1, 0.15) is 18.5 Å². The molecule has 0 amide bonds. The Hall–Kier alpha value is -0.850. The molecule has 0 unspecified atom stereocenters. The molecule has 2 aliphatic heterocycles. The predicted molar refractivity (Wildman–Crippen MR) is 86.2 cm³/mol. The van der Waals surface area contributed by atoms with Crippen molar-refractivity contribution in [3.63, 3.8) is 0 Å². The fourth-order valence-electron chi connectivity index (χ4n) is 3.14. The molecule has 21 heavy (non-hydrogen) atoms. The number of aryl methyl sites for hydroxylation is 1. The van der Waals surface area contributed by atoms with Gasteiger partial charge in [0.05, 0.1) is 0 Å². The van der Waals surface area contributed by atoms with E-state index in [-0.39, 0.29) is 0 Å². The van der Waals surface area contributed by atoms with Crippen LogP contribution < -0.4 is 4.90 Å². The Morgan fingerprint density at radius 3 is 2.52 bits per heavy atom. The van der Waals surface area contributed by atoms with Crippen molar-refractivity contribution in [2.45, 2.75) is 31.0 Å². The van der Waals surface area contributed by atoms with E-state index in [9.17, 15) is 0 Å². The molecule has 0 atom stereocenters. The van der Waals surface area contributed by atoms with Gasteiger partial charge in [-0.2, -0.15) is 0 Å². The standard InChI is InChI=1S/C15H24N4OS/c1-12-11-14(17-15(16-12)21-2)19-7-5-18(6-8-19)13-3-9-20-10-4-13/h11,13H,3-10H2,1-2H3. The Labute approximate surface area is 131 Å². The van der Waals surface area contributed by atoms with Gasteiger partial charge in [0.25, 0.3) is 0 Å². The van der Waals surface area contributed by atoms with Crippen LogP contribution in [0.4, 0.5) is 5.82 Å². The molecule has 0 saturated carbocycles. The minimum Gasteiger partial charge on any atom is -0.381 e. The predicted octanol–water partition coefficient (Wildman–Crippen LogP) is 1.81. The Bertz CT molecular complexity index is 471. The van der Waals surface area contributed by atoms with Crippen molar-refractivity contribution in [3.05, 3.63) is 11.8 Å². The van der Waals surface area contributed by atoms with Crippen LogP contribution in [0.2, 0.25) is 0 Å². The summed E-state index contributed by atoms with van der Waals surface area (Å²) in [5.74, 6) is 1.08. The maximum absolute atomic E-state index is 5.46. The second-order valence-corrected chi connectivity index (χ2v) is 6.49. The van der Waals surface area contributed by atoms with E-state index in [0.717, 1.165) is 62.1 Å². The lowest BCUT2D eigenvalue weighted by Crippen LogP contribution is -2.51. The van der Waals surface area contributed by atoms with Gasteiger partial charge in [0, 0.05) is 57.2 Å². The Kier molecular flexibility index (Phi) is 4.98. The van der Waals surface area contributed by atoms with Gasteiger partial charge in [0.2, 0.25) is 0 Å². The molecule has 116 valence electrons. The number of anilines is 1. The van der Waals surface area contributed by atoms with Gasteiger partial charge >= 0.3 is 0 Å². The highest BCUT2D eigenvalue weighted by Gasteiger charge is 2.26. The van der Waals surface area contributed by atoms with Gasteiger partial charge in [-0.25, -0.2) is 9.97 Å². The van der Waals surface area contributed by atoms with Gasteiger partial charge in [-0.05, 0) is 26.0 Å². The third kappa shape index (κ3) is 3.67. The van der Waals surface area contributed by atoms with Crippen molar-refractivity contribution in [2.24, 2.45) is 0 Å². The molecule has 0 bridgehead atoms. The summed E-state index contributed by atoms with van der Waals surface area (Å²) in [4.78, 5) is 14.1. The SMILES string of the molecule is CSc1nc(C)cc(N2CCN(C3CCOCC3)CC2)n1. The fraction of sp³-hybridized carbons (Fsp3) is 0.733. The maximum Gasteiger partial charge on any atom is 0.189 e. The average molecular weight is 308 g/mol. The third-order valence-corrected chi connectivity index (χ3v) is 4.90. The molecule has 0 N–H and O–H groups in total. The number of ether oxygens (including phenoxy) is 1. The first-order valence-corrected chi connectivity index (χ1v) is 8.95. The van der Waals surface area contributed by atoms with E-state index in [4.69, 9.17) is 4.74 Å². The van der Waals surface area contributed by atoms with E-state index < -0.39 is 0 Å². The molecule has 1 aromatic rings. The summed E-state index contributed by atoms with van der Waals surface area (Å²) < 4.78 is 5.46. The minimum absolute atomic E-state index is 0.717. The normalized spacial score (nSPS) is 21.7. The van der Waals surface area contributed by atoms with Gasteiger partial charge in [-0.1, -0.05) is 11.8 Å². The molecular formula is C15H24N4OS. The van der Waals surface area contributed by atoms with E-state index >= 15 is 0 Å². The molecule has 3 rings (SSSR count). The van der Waals surface area contributed by atoms with Crippen LogP contribution in [0.3, 0.4) is 0 Å². The van der Waals surface area contributed by atoms with Crippen molar-refractivity contribution in [1.82, 2.24) is 14.9 Å². The highest BCUT2D eigenvalue weighted by atomic mass is 32.2. The Morgan fingerprint density at radius 2 is 1.86 bits per heavy atom. The zero-order valence-corrected chi connectivity index (χ0v) is 13.7. The first kappa shape index (κ1) is 15.1. The number of rotatable bonds is 3. The van der Waals surface area contributed by atoms with Crippen molar-refractivity contribution >= 4 is 17.6 Å². The molecule has 3 heterocycles. The van der Waals surface area contributed by atoms with Gasteiger partial charge in [0.1, 0.15) is 5.82 Å². The van der Waals surface area contributed by atoms with Crippen LogP contribution in [0.15, 0.2) is 11.2 Å². The third-order valence-electron chi connectivity index (χ3n) is 4.35. The van der Waals surface area contributed by atoms with Gasteiger partial charge in [-0.15, -0.1) is 0 Å². The summed E-state index contributed by atoms with van der Waals surface area (Å²) in [6.45, 7) is 8.26. The quantitative estimate of drug-likeness (QED) is 0.626. The number of aromatic nitrogens is 2. The lowest BCUT2D eigenvalue weighted by Gasteiger charge is -2.41. The molecule has 5 nitrogen and oxygen atoms in total. The summed E-state index contributed by atoms with van der Waals surface area (Å²) in [5, 5.41) is 0.872. The molecular weight excluding hydrogens is 284 g/mol. The summed E-state index contributed by atoms with van der Waals surface area (Å²) >= 11 is 1.61. The summed E-state index contributed by atoms with van der Waals surface area (Å²) in [6, 6.07) is 2.82. The molecule has 2 saturated heterocycles. The lowest BCUT2D eigenvalue weighted by atomic mass is 10.1. The Balaban J connectivity index is 1.61. The van der Waals surface area contributed by atoms with Crippen molar-refractivity contribution in [3.8, 4) is 0 Å². The molecule has 2 fully saturated rings. The monoisotopic (exact) mass is 308 g/mol. The fourth-order valence-corrected chi connectivity index (χ4v) is 3.57. The van der Waals surface area contributed by atoms with Crippen molar-refractivity contribution in [2.75, 3.05) is 50.5 Å². The smallest absolute Gasteiger partial charge is 0.189 e. The molecule has 0 aliphatic carbocycles. The van der Waals surface area contributed by atoms with E-state index in [1.54, 1.807) is 11.8 Å². The minimum atomic E-state index is 0.717. The maximum atomic E-state index is 5.46. The number of piperazine rings is 1. The molecule has 0 radical (unpaired) electrons. The largest absolute Gasteiger partial charge is 0.381 e. The van der Waals surface area contributed by atoms with Gasteiger partial charge in [-0.3, -0.25) is 4.90 Å². The number of nitrogens with zero attached hydrogens (tertiary/aromatic N) is 4. The second kappa shape index (κ2) is 6.94. The first-order valence-electron chi connectivity index (χ1n) is 7.72. The van der Waals surface area contributed by atoms with E-state index in [0.29, 0.717) is 0 Å². The highest BCUT2D eigenvalue weighted by molar-refractivity contribution is 7.98. The van der Waals surface area contributed by atoms with E-state index in [2.05, 4.69) is 25.8 Å². The molecule has 2 aliphatic rings. The van der Waals surface area contributed by atoms with Gasteiger partial charge < -0.3 is 9.64 Å². The van der Waals surface area contributed by atoms with Gasteiger partial charge in [0.15, 0.2) is 5.16 Å². The molecule has 1 aromatic heterocycles. The summed E-state index contributed by atoms with van der Waals surface area (Å²) in [6.07, 6.45) is 4.40. The first-order chi connectivity index (χ1) is 10.3. The van der Waals surface area contributed by atoms with Crippen LogP contribution >= 0.6 is 11.8 Å². The summed E-state index contributed by atoms with van der Waals surface area (Å²) in [5.41, 5.74) is 1.05. The molecule has 6 heteroatoms. The molecule has 0 aromatic carbocycles. The van der Waals surface area contributed by atoms with Crippen LogP contribution in [-0.4, -0.2) is 66.6 Å². The number of thioether (sulfide) groups is 1. The van der Waals surface area contributed by atoms with Crippen LogP contribution in [0.25, 0.3) is 0 Å². The highest BCUT2D eigenvalue weighted by Crippen LogP contribution is 2.21. The van der Waals surface area contributed by atoms with Crippen LogP contribution in [-0.2, 0) is 4.74 Å². The zero-order chi connectivity index (χ0) is 14.7. The van der Waals surface area contributed by atoms with E-state index in [1.165, 1.54) is 12.8 Å². The van der Waals surface area contributed by atoms with Crippen molar-refractivity contribution in [1.29, 1.82) is 0 Å². The summed E-state index contributed by atoms with van der Waals surface area (Å²) in [7, 11) is 0. The second-order valence-electron chi connectivity index (χ2n) is 5.72. The lowest BCUT2D eigenvalue weighted by molar-refractivity contribution is 0.0321. The molecule has 0 spiro atoms. The van der Waals surface area contributed by atoms with Crippen LogP contribution in [0, 0.1) is 6.92 Å². The Morgan fingerprint density at radius 1 is 1.14 bits per heavy atom. The topological polar surface area (TPSA) is 41.5 Å². The van der Waals surface area contributed by atoms with Crippen LogP contribution in [0.5, 0.6) is 0 Å².